The molecule has 4 aromatic rings. The Balaban J connectivity index is 1.44. The van der Waals surface area contributed by atoms with Gasteiger partial charge in [0.15, 0.2) is 0 Å². The van der Waals surface area contributed by atoms with Crippen molar-refractivity contribution in [2.45, 2.75) is 26.8 Å². The van der Waals surface area contributed by atoms with Gasteiger partial charge in [-0.1, -0.05) is 37.3 Å². The number of likely N-dealkylation sites (N-methyl/N-ethyl adjacent to an activating group) is 1. The van der Waals surface area contributed by atoms with Crippen LogP contribution in [0.15, 0.2) is 55.0 Å². The molecule has 0 amide bonds. The number of aromatic amines is 1. The van der Waals surface area contributed by atoms with Gasteiger partial charge in [0, 0.05) is 73.5 Å². The zero-order valence-corrected chi connectivity index (χ0v) is 21.9. The molecule has 1 fully saturated rings. The van der Waals surface area contributed by atoms with Gasteiger partial charge in [-0.2, -0.15) is 5.26 Å². The van der Waals surface area contributed by atoms with Gasteiger partial charge in [0.25, 0.3) is 0 Å². The first-order chi connectivity index (χ1) is 18.1. The summed E-state index contributed by atoms with van der Waals surface area (Å²) >= 11 is 0. The standard InChI is InChI=1S/C31H34N6/c1-4-24-6-5-23(21-37-15-13-36(3)14-16-37)17-25(24)7-8-26-19-33-20-27(18-32)31(26)35-29-9-10-30-28(22(29)2)11-12-34-30/h5-12,17,19-20,34H,4,13-16,21H2,1-3H3,(H,33,35)/b8-7+. The van der Waals surface area contributed by atoms with E-state index in [-0.39, 0.29) is 0 Å². The summed E-state index contributed by atoms with van der Waals surface area (Å²) in [6, 6.07) is 15.3. The van der Waals surface area contributed by atoms with Crippen LogP contribution in [0.4, 0.5) is 11.4 Å². The third-order valence-electron chi connectivity index (χ3n) is 7.39. The van der Waals surface area contributed by atoms with Crippen LogP contribution < -0.4 is 5.32 Å². The molecular weight excluding hydrogens is 456 g/mol. The highest BCUT2D eigenvalue weighted by atomic mass is 15.2. The lowest BCUT2D eigenvalue weighted by Gasteiger charge is -2.32. The van der Waals surface area contributed by atoms with Crippen LogP contribution >= 0.6 is 0 Å². The van der Waals surface area contributed by atoms with Crippen LogP contribution in [0.5, 0.6) is 0 Å². The van der Waals surface area contributed by atoms with E-state index in [9.17, 15) is 5.26 Å². The van der Waals surface area contributed by atoms with Gasteiger partial charge < -0.3 is 15.2 Å². The molecule has 2 N–H and O–H groups in total. The molecule has 6 heteroatoms. The number of rotatable bonds is 7. The number of hydrogen-bond donors (Lipinski definition) is 2. The predicted octanol–water partition coefficient (Wildman–Crippen LogP) is 5.97. The first-order valence-electron chi connectivity index (χ1n) is 13.0. The number of hydrogen-bond acceptors (Lipinski definition) is 5. The maximum Gasteiger partial charge on any atom is 0.103 e. The number of pyridine rings is 1. The molecule has 1 saturated heterocycles. The number of nitrogens with one attached hydrogen (secondary N) is 2. The first-order valence-corrected chi connectivity index (χ1v) is 13.0. The van der Waals surface area contributed by atoms with Crippen molar-refractivity contribution in [1.82, 2.24) is 19.8 Å². The van der Waals surface area contributed by atoms with Crippen LogP contribution in [-0.2, 0) is 13.0 Å². The predicted molar refractivity (Wildman–Crippen MR) is 153 cm³/mol. The molecular formula is C31H34N6. The average Bonchev–Trinajstić information content (AvgIpc) is 3.41. The number of nitriles is 1. The zero-order chi connectivity index (χ0) is 25.8. The van der Waals surface area contributed by atoms with Crippen LogP contribution in [0.2, 0.25) is 0 Å². The lowest BCUT2D eigenvalue weighted by Crippen LogP contribution is -2.43. The normalized spacial score (nSPS) is 14.9. The molecule has 2 aromatic carbocycles. The van der Waals surface area contributed by atoms with E-state index in [0.717, 1.165) is 67.2 Å². The van der Waals surface area contributed by atoms with E-state index >= 15 is 0 Å². The molecule has 1 aliphatic rings. The highest BCUT2D eigenvalue weighted by Crippen LogP contribution is 2.31. The van der Waals surface area contributed by atoms with Crippen LogP contribution in [-0.4, -0.2) is 53.0 Å². The summed E-state index contributed by atoms with van der Waals surface area (Å²) in [6.45, 7) is 9.71. The number of aromatic nitrogens is 2. The molecule has 3 heterocycles. The van der Waals surface area contributed by atoms with Gasteiger partial charge in [-0.25, -0.2) is 0 Å². The third kappa shape index (κ3) is 5.43. The summed E-state index contributed by atoms with van der Waals surface area (Å²) in [5.41, 5.74) is 9.26. The molecule has 5 rings (SSSR count). The topological polar surface area (TPSA) is 71.0 Å². The molecule has 0 atom stereocenters. The van der Waals surface area contributed by atoms with Crippen molar-refractivity contribution < 1.29 is 0 Å². The summed E-state index contributed by atoms with van der Waals surface area (Å²) in [5, 5.41) is 14.5. The molecule has 37 heavy (non-hydrogen) atoms. The van der Waals surface area contributed by atoms with Crippen molar-refractivity contribution in [2.24, 2.45) is 0 Å². The number of H-pyrrole nitrogens is 1. The molecule has 6 nitrogen and oxygen atoms in total. The molecule has 188 valence electrons. The van der Waals surface area contributed by atoms with E-state index < -0.39 is 0 Å². The summed E-state index contributed by atoms with van der Waals surface area (Å²) in [7, 11) is 2.19. The van der Waals surface area contributed by atoms with Crippen molar-refractivity contribution in [3.8, 4) is 6.07 Å². The van der Waals surface area contributed by atoms with E-state index in [1.54, 1.807) is 6.20 Å². The van der Waals surface area contributed by atoms with Crippen molar-refractivity contribution in [3.63, 3.8) is 0 Å². The second-order valence-electron chi connectivity index (χ2n) is 9.86. The minimum absolute atomic E-state index is 0.523. The lowest BCUT2D eigenvalue weighted by atomic mass is 10.00. The number of benzene rings is 2. The van der Waals surface area contributed by atoms with Crippen LogP contribution in [0.1, 0.15) is 40.3 Å². The van der Waals surface area contributed by atoms with Gasteiger partial charge in [0.05, 0.1) is 11.3 Å². The average molecular weight is 491 g/mol. The smallest absolute Gasteiger partial charge is 0.103 e. The Morgan fingerprint density at radius 3 is 2.65 bits per heavy atom. The van der Waals surface area contributed by atoms with Crippen LogP contribution in [0.3, 0.4) is 0 Å². The van der Waals surface area contributed by atoms with Crippen LogP contribution in [0.25, 0.3) is 23.1 Å². The lowest BCUT2D eigenvalue weighted by molar-refractivity contribution is 0.148. The minimum Gasteiger partial charge on any atom is -0.361 e. The molecule has 0 unspecified atom stereocenters. The van der Waals surface area contributed by atoms with E-state index in [1.165, 1.54) is 22.1 Å². The van der Waals surface area contributed by atoms with Gasteiger partial charge in [-0.3, -0.25) is 9.88 Å². The summed E-state index contributed by atoms with van der Waals surface area (Å²) in [5.74, 6) is 0. The summed E-state index contributed by atoms with van der Waals surface area (Å²) < 4.78 is 0. The quantitative estimate of drug-likeness (QED) is 0.334. The Bertz CT molecular complexity index is 1470. The van der Waals surface area contributed by atoms with Gasteiger partial charge in [-0.05, 0) is 60.8 Å². The van der Waals surface area contributed by atoms with Crippen molar-refractivity contribution in [1.29, 1.82) is 5.26 Å². The minimum atomic E-state index is 0.523. The van der Waals surface area contributed by atoms with E-state index in [1.807, 2.05) is 12.4 Å². The van der Waals surface area contributed by atoms with E-state index in [4.69, 9.17) is 0 Å². The molecule has 0 radical (unpaired) electrons. The monoisotopic (exact) mass is 490 g/mol. The fourth-order valence-electron chi connectivity index (χ4n) is 5.05. The first kappa shape index (κ1) is 24.8. The van der Waals surface area contributed by atoms with Crippen molar-refractivity contribution >= 4 is 34.4 Å². The Kier molecular flexibility index (Phi) is 7.36. The van der Waals surface area contributed by atoms with Crippen molar-refractivity contribution in [2.75, 3.05) is 38.5 Å². The van der Waals surface area contributed by atoms with Gasteiger partial charge in [0.1, 0.15) is 6.07 Å². The highest BCUT2D eigenvalue weighted by Gasteiger charge is 2.15. The molecule has 2 aromatic heterocycles. The zero-order valence-electron chi connectivity index (χ0n) is 21.9. The van der Waals surface area contributed by atoms with E-state index in [0.29, 0.717) is 5.56 Å². The fraction of sp³-hybridized carbons (Fsp3) is 0.290. The molecule has 0 spiro atoms. The van der Waals surface area contributed by atoms with Gasteiger partial charge >= 0.3 is 0 Å². The van der Waals surface area contributed by atoms with Crippen LogP contribution in [0, 0.1) is 18.3 Å². The maximum atomic E-state index is 9.84. The summed E-state index contributed by atoms with van der Waals surface area (Å²) in [6.07, 6.45) is 10.6. The van der Waals surface area contributed by atoms with E-state index in [2.05, 4.69) is 101 Å². The number of fused-ring (bicyclic) bond motifs is 1. The Hall–Kier alpha value is -3.92. The number of aryl methyl sites for hydroxylation is 2. The fourth-order valence-corrected chi connectivity index (χ4v) is 5.05. The van der Waals surface area contributed by atoms with Crippen molar-refractivity contribution in [3.05, 3.63) is 88.4 Å². The Morgan fingerprint density at radius 1 is 1.05 bits per heavy atom. The second kappa shape index (κ2) is 11.0. The Labute approximate surface area is 219 Å². The second-order valence-corrected chi connectivity index (χ2v) is 9.86. The maximum absolute atomic E-state index is 9.84. The number of anilines is 2. The summed E-state index contributed by atoms with van der Waals surface area (Å²) in [4.78, 5) is 12.5. The largest absolute Gasteiger partial charge is 0.361 e. The third-order valence-corrected chi connectivity index (χ3v) is 7.39. The molecule has 0 bridgehead atoms. The molecule has 0 aliphatic carbocycles. The van der Waals surface area contributed by atoms with Gasteiger partial charge in [-0.15, -0.1) is 0 Å². The highest BCUT2D eigenvalue weighted by molar-refractivity contribution is 5.90. The number of nitrogens with zero attached hydrogens (tertiary/aromatic N) is 4. The molecule has 0 saturated carbocycles. The Morgan fingerprint density at radius 2 is 1.86 bits per heavy atom. The SMILES string of the molecule is CCc1ccc(CN2CCN(C)CC2)cc1/C=C/c1cncc(C#N)c1Nc1ccc2[nH]ccc2c1C. The van der Waals surface area contributed by atoms with Gasteiger partial charge in [0.2, 0.25) is 0 Å². The molecule has 1 aliphatic heterocycles. The number of piperazine rings is 1.